The summed E-state index contributed by atoms with van der Waals surface area (Å²) < 4.78 is 19.4. The second-order valence-electron chi connectivity index (χ2n) is 7.19. The number of likely N-dealkylation sites (N-methyl/N-ethyl adjacent to an activating group) is 1. The van der Waals surface area contributed by atoms with Crippen molar-refractivity contribution >= 4 is 15.9 Å². The fourth-order valence-electron chi connectivity index (χ4n) is 4.54. The molecule has 7 heteroatoms. The largest absolute Gasteiger partial charge is 0.491 e. The van der Waals surface area contributed by atoms with Gasteiger partial charge in [-0.2, -0.15) is 0 Å². The maximum Gasteiger partial charge on any atom is 0.237 e. The topological polar surface area (TPSA) is 52.9 Å². The van der Waals surface area contributed by atoms with Crippen molar-refractivity contribution < 1.29 is 14.2 Å². The highest BCUT2D eigenvalue weighted by molar-refractivity contribution is 9.10. The van der Waals surface area contributed by atoms with Crippen molar-refractivity contribution in [3.63, 3.8) is 0 Å². The van der Waals surface area contributed by atoms with Gasteiger partial charge in [0, 0.05) is 31.3 Å². The molecular formula is C17H25BrN2O4. The monoisotopic (exact) mass is 400 g/mol. The zero-order chi connectivity index (χ0) is 17.6. The molecule has 2 unspecified atom stereocenters. The predicted molar refractivity (Wildman–Crippen MR) is 94.5 cm³/mol. The molecule has 134 valence electrons. The maximum absolute atomic E-state index is 12.6. The Kier molecular flexibility index (Phi) is 4.81. The molecule has 0 spiro atoms. The summed E-state index contributed by atoms with van der Waals surface area (Å²) in [7, 11) is 5.29. The average molecular weight is 401 g/mol. The molecule has 3 rings (SSSR count). The lowest BCUT2D eigenvalue weighted by molar-refractivity contribution is -0.144. The molecule has 0 radical (unpaired) electrons. The van der Waals surface area contributed by atoms with E-state index in [2.05, 4.69) is 46.3 Å². The van der Waals surface area contributed by atoms with Crippen LogP contribution in [-0.2, 0) is 9.47 Å². The molecular weight excluding hydrogens is 376 g/mol. The molecule has 0 saturated carbocycles. The number of hydrogen-bond donors (Lipinski definition) is 0. The second-order valence-corrected chi connectivity index (χ2v) is 8.04. The third kappa shape index (κ3) is 2.53. The third-order valence-corrected chi connectivity index (χ3v) is 5.97. The maximum atomic E-state index is 12.6. The number of ether oxygens (including phenoxy) is 3. The van der Waals surface area contributed by atoms with Crippen LogP contribution in [0.25, 0.3) is 0 Å². The summed E-state index contributed by atoms with van der Waals surface area (Å²) in [4.78, 5) is 15.0. The lowest BCUT2D eigenvalue weighted by Gasteiger charge is -2.50. The van der Waals surface area contributed by atoms with E-state index in [0.717, 1.165) is 18.7 Å². The summed E-state index contributed by atoms with van der Waals surface area (Å²) in [6.45, 7) is 5.58. The van der Waals surface area contributed by atoms with Gasteiger partial charge in [0.05, 0.1) is 23.3 Å². The van der Waals surface area contributed by atoms with E-state index in [1.807, 2.05) is 6.20 Å². The number of hydrogen-bond acceptors (Lipinski definition) is 5. The van der Waals surface area contributed by atoms with Crippen LogP contribution in [0.5, 0.6) is 5.75 Å². The fraction of sp³-hybridized carbons (Fsp3) is 0.706. The summed E-state index contributed by atoms with van der Waals surface area (Å²) in [5.41, 5.74) is 0.474. The van der Waals surface area contributed by atoms with Crippen LogP contribution in [0.2, 0.25) is 0 Å². The molecule has 1 fully saturated rings. The third-order valence-electron chi connectivity index (χ3n) is 5.40. The molecule has 3 heterocycles. The lowest BCUT2D eigenvalue weighted by Crippen LogP contribution is -2.52. The molecule has 0 amide bonds. The number of rotatable bonds is 4. The van der Waals surface area contributed by atoms with E-state index in [-0.39, 0.29) is 29.8 Å². The Balaban J connectivity index is 2.26. The minimum atomic E-state index is -0.296. The van der Waals surface area contributed by atoms with E-state index >= 15 is 0 Å². The van der Waals surface area contributed by atoms with E-state index < -0.39 is 0 Å². The molecule has 6 nitrogen and oxygen atoms in total. The smallest absolute Gasteiger partial charge is 0.237 e. The van der Waals surface area contributed by atoms with Gasteiger partial charge in [0.15, 0.2) is 5.75 Å². The number of fused-ring (bicyclic) bond motifs is 3. The first kappa shape index (κ1) is 17.9. The van der Waals surface area contributed by atoms with Gasteiger partial charge in [-0.3, -0.25) is 4.79 Å². The van der Waals surface area contributed by atoms with Gasteiger partial charge < -0.3 is 23.7 Å². The van der Waals surface area contributed by atoms with E-state index in [4.69, 9.17) is 14.2 Å². The molecule has 3 atom stereocenters. The summed E-state index contributed by atoms with van der Waals surface area (Å²) in [5.74, 6) is 0.353. The molecule has 2 aliphatic rings. The Morgan fingerprint density at radius 1 is 1.38 bits per heavy atom. The summed E-state index contributed by atoms with van der Waals surface area (Å²) >= 11 is 3.39. The molecule has 0 aromatic carbocycles. The van der Waals surface area contributed by atoms with Crippen molar-refractivity contribution in [1.82, 2.24) is 9.47 Å². The molecule has 1 aromatic rings. The van der Waals surface area contributed by atoms with E-state index in [9.17, 15) is 4.79 Å². The van der Waals surface area contributed by atoms with Gasteiger partial charge in [-0.15, -0.1) is 0 Å². The van der Waals surface area contributed by atoms with Crippen LogP contribution in [0.1, 0.15) is 38.1 Å². The van der Waals surface area contributed by atoms with Gasteiger partial charge >= 0.3 is 0 Å². The highest BCUT2D eigenvalue weighted by Crippen LogP contribution is 2.54. The van der Waals surface area contributed by atoms with Crippen molar-refractivity contribution in [3.05, 3.63) is 26.6 Å². The Bertz CT molecular complexity index is 688. The number of nitrogens with zero attached hydrogens (tertiary/aromatic N) is 2. The van der Waals surface area contributed by atoms with Crippen LogP contribution in [0.3, 0.4) is 0 Å². The van der Waals surface area contributed by atoms with Crippen LogP contribution in [-0.4, -0.2) is 50.1 Å². The molecule has 0 N–H and O–H groups in total. The van der Waals surface area contributed by atoms with E-state index in [0.29, 0.717) is 16.3 Å². The molecule has 24 heavy (non-hydrogen) atoms. The zero-order valence-electron chi connectivity index (χ0n) is 14.8. The standard InChI is InChI=1S/C17H25BrN2O4/c1-17(2)15-11(6-7-19(15)3)20-8-10(18)13(21)14(23-5)12(20)16(17)24-9-22-4/h8,11,15-16H,6-7,9H2,1-5H3/t11-,15?,16?/m1/s1. The van der Waals surface area contributed by atoms with Crippen LogP contribution < -0.4 is 10.2 Å². The zero-order valence-corrected chi connectivity index (χ0v) is 16.4. The van der Waals surface area contributed by atoms with Crippen LogP contribution in [0.4, 0.5) is 0 Å². The minimum Gasteiger partial charge on any atom is -0.491 e. The van der Waals surface area contributed by atoms with Crippen molar-refractivity contribution in [2.24, 2.45) is 5.41 Å². The molecule has 0 aliphatic carbocycles. The summed E-state index contributed by atoms with van der Waals surface area (Å²) in [5, 5.41) is 0. The first-order chi connectivity index (χ1) is 11.3. The predicted octanol–water partition coefficient (Wildman–Crippen LogP) is 2.57. The Morgan fingerprint density at radius 2 is 2.08 bits per heavy atom. The number of methoxy groups -OCH3 is 2. The molecule has 2 aliphatic heterocycles. The molecule has 1 aromatic heterocycles. The van der Waals surface area contributed by atoms with Crippen LogP contribution in [0, 0.1) is 5.41 Å². The van der Waals surface area contributed by atoms with E-state index in [1.54, 1.807) is 7.11 Å². The van der Waals surface area contributed by atoms with Gasteiger partial charge in [-0.1, -0.05) is 13.8 Å². The Hall–Kier alpha value is -0.890. The molecule has 0 bridgehead atoms. The SMILES string of the molecule is COCOC1c2c(OC)c(=O)c(Br)cn2[C@@H]2CCN(C)C2C1(C)C. The van der Waals surface area contributed by atoms with Crippen molar-refractivity contribution in [2.45, 2.75) is 38.5 Å². The minimum absolute atomic E-state index is 0.143. The Morgan fingerprint density at radius 3 is 2.71 bits per heavy atom. The van der Waals surface area contributed by atoms with Crippen LogP contribution >= 0.6 is 15.9 Å². The second kappa shape index (κ2) is 6.44. The number of pyridine rings is 1. The highest BCUT2D eigenvalue weighted by Gasteiger charge is 2.54. The van der Waals surface area contributed by atoms with Crippen molar-refractivity contribution in [1.29, 1.82) is 0 Å². The summed E-state index contributed by atoms with van der Waals surface area (Å²) in [6.07, 6.45) is 2.62. The van der Waals surface area contributed by atoms with Gasteiger partial charge in [0.1, 0.15) is 12.9 Å². The van der Waals surface area contributed by atoms with Gasteiger partial charge in [0.25, 0.3) is 0 Å². The lowest BCUT2D eigenvalue weighted by atomic mass is 9.71. The summed E-state index contributed by atoms with van der Waals surface area (Å²) in [6, 6.07) is 0.596. The first-order valence-electron chi connectivity index (χ1n) is 8.13. The molecule has 1 saturated heterocycles. The van der Waals surface area contributed by atoms with Gasteiger partial charge in [0.2, 0.25) is 5.43 Å². The number of likely N-dealkylation sites (tertiary alicyclic amines) is 1. The van der Waals surface area contributed by atoms with E-state index in [1.165, 1.54) is 7.11 Å². The van der Waals surface area contributed by atoms with Gasteiger partial charge in [-0.05, 0) is 29.4 Å². The fourth-order valence-corrected chi connectivity index (χ4v) is 4.94. The normalized spacial score (nSPS) is 28.5. The van der Waals surface area contributed by atoms with Gasteiger partial charge in [-0.25, -0.2) is 0 Å². The quantitative estimate of drug-likeness (QED) is 0.726. The van der Waals surface area contributed by atoms with Crippen molar-refractivity contribution in [2.75, 3.05) is 34.6 Å². The number of halogens is 1. The first-order valence-corrected chi connectivity index (χ1v) is 8.93. The Labute approximate surface area is 150 Å². The average Bonchev–Trinajstić information content (AvgIpc) is 2.92. The number of aromatic nitrogens is 1. The van der Waals surface area contributed by atoms with Crippen LogP contribution in [0.15, 0.2) is 15.5 Å². The highest BCUT2D eigenvalue weighted by atomic mass is 79.9. The van der Waals surface area contributed by atoms with Crippen molar-refractivity contribution in [3.8, 4) is 5.75 Å².